The van der Waals surface area contributed by atoms with Crippen LogP contribution in [-0.2, 0) is 17.6 Å². The number of carbonyl (C=O) groups is 1. The summed E-state index contributed by atoms with van der Waals surface area (Å²) < 4.78 is 10.7. The van der Waals surface area contributed by atoms with Crippen molar-refractivity contribution >= 4 is 5.97 Å². The third kappa shape index (κ3) is 7.46. The molecule has 2 aromatic rings. The van der Waals surface area contributed by atoms with Crippen LogP contribution in [0.15, 0.2) is 51.4 Å². The van der Waals surface area contributed by atoms with E-state index in [0.29, 0.717) is 0 Å². The molecule has 2 rings (SSSR count). The number of hydrogen-bond donors (Lipinski definition) is 1. The molecule has 1 N–H and O–H groups in total. The normalized spacial score (nSPS) is 13.1. The fraction of sp³-hybridized carbons (Fsp3) is 0.476. The van der Waals surface area contributed by atoms with Crippen molar-refractivity contribution in [2.45, 2.75) is 58.8 Å². The highest BCUT2D eigenvalue weighted by Gasteiger charge is 2.07. The van der Waals surface area contributed by atoms with E-state index in [2.05, 4.69) is 19.1 Å². The molecule has 0 fully saturated rings. The van der Waals surface area contributed by atoms with E-state index in [9.17, 15) is 4.79 Å². The average molecular weight is 344 g/mol. The van der Waals surface area contributed by atoms with Crippen molar-refractivity contribution in [3.05, 3.63) is 59.5 Å². The molecule has 2 aromatic heterocycles. The highest BCUT2D eigenvalue weighted by molar-refractivity contribution is 5.66. The number of carboxylic acid groups (broad SMARTS) is 1. The van der Waals surface area contributed by atoms with Gasteiger partial charge in [0.25, 0.3) is 0 Å². The molecular weight excluding hydrogens is 316 g/mol. The zero-order chi connectivity index (χ0) is 18.1. The zero-order valence-corrected chi connectivity index (χ0v) is 15.2. The molecule has 4 nitrogen and oxygen atoms in total. The number of rotatable bonds is 11. The Morgan fingerprint density at radius 1 is 1.32 bits per heavy atom. The van der Waals surface area contributed by atoms with Crippen molar-refractivity contribution in [1.82, 2.24) is 0 Å². The van der Waals surface area contributed by atoms with Gasteiger partial charge in [0.05, 0.1) is 18.8 Å². The number of aliphatic carboxylic acids is 1. The number of hydrogen-bond acceptors (Lipinski definition) is 3. The van der Waals surface area contributed by atoms with E-state index in [1.807, 2.05) is 19.3 Å². The molecule has 0 aromatic carbocycles. The van der Waals surface area contributed by atoms with Crippen LogP contribution >= 0.6 is 0 Å². The molecule has 0 amide bonds. The Morgan fingerprint density at radius 3 is 2.88 bits per heavy atom. The van der Waals surface area contributed by atoms with Gasteiger partial charge in [-0.25, -0.2) is 0 Å². The largest absolute Gasteiger partial charge is 0.481 e. The van der Waals surface area contributed by atoms with Crippen molar-refractivity contribution in [1.29, 1.82) is 0 Å². The second kappa shape index (κ2) is 9.92. The minimum Gasteiger partial charge on any atom is -0.481 e. The lowest BCUT2D eigenvalue weighted by Crippen LogP contribution is -2.03. The molecule has 1 unspecified atom stereocenters. The highest BCUT2D eigenvalue weighted by atomic mass is 16.4. The molecule has 0 saturated heterocycles. The number of allylic oxidation sites excluding steroid dienone is 2. The Morgan fingerprint density at radius 2 is 2.16 bits per heavy atom. The molecule has 25 heavy (non-hydrogen) atoms. The fourth-order valence-corrected chi connectivity index (χ4v) is 2.93. The van der Waals surface area contributed by atoms with Crippen LogP contribution in [0.1, 0.15) is 62.8 Å². The van der Waals surface area contributed by atoms with E-state index >= 15 is 0 Å². The maximum atomic E-state index is 10.6. The standard InChI is InChI=1S/C21H28O4/c1-16(5-3-7-17(2)11-21(22)23)6-4-8-18-12-20(25-15-18)13-19-9-10-24-14-19/h5,9-10,12,14-15,17H,3-4,6-8,11,13H2,1-2H3,(H,22,23)/b16-5-. The van der Waals surface area contributed by atoms with Gasteiger partial charge in [-0.2, -0.15) is 0 Å². The summed E-state index contributed by atoms with van der Waals surface area (Å²) in [4.78, 5) is 10.6. The maximum absolute atomic E-state index is 10.6. The van der Waals surface area contributed by atoms with Crippen LogP contribution in [0.2, 0.25) is 0 Å². The summed E-state index contributed by atoms with van der Waals surface area (Å²) in [5, 5.41) is 8.76. The predicted molar refractivity (Wildman–Crippen MR) is 97.6 cm³/mol. The fourth-order valence-electron chi connectivity index (χ4n) is 2.93. The molecule has 4 heteroatoms. The van der Waals surface area contributed by atoms with Crippen LogP contribution in [0.4, 0.5) is 0 Å². The van der Waals surface area contributed by atoms with E-state index < -0.39 is 5.97 Å². The molecule has 0 saturated carbocycles. The summed E-state index contributed by atoms with van der Waals surface area (Å²) in [7, 11) is 0. The second-order valence-electron chi connectivity index (χ2n) is 6.91. The van der Waals surface area contributed by atoms with E-state index in [1.165, 1.54) is 11.1 Å². The first-order valence-corrected chi connectivity index (χ1v) is 8.97. The van der Waals surface area contributed by atoms with Gasteiger partial charge in [0.15, 0.2) is 0 Å². The summed E-state index contributed by atoms with van der Waals surface area (Å²) in [5.41, 5.74) is 3.74. The minimum atomic E-state index is -0.708. The van der Waals surface area contributed by atoms with Gasteiger partial charge in [-0.05, 0) is 68.2 Å². The molecule has 0 bridgehead atoms. The summed E-state index contributed by atoms with van der Waals surface area (Å²) in [6.45, 7) is 4.15. The minimum absolute atomic E-state index is 0.237. The zero-order valence-electron chi connectivity index (χ0n) is 15.2. The van der Waals surface area contributed by atoms with Crippen LogP contribution in [0.3, 0.4) is 0 Å². The lowest BCUT2D eigenvalue weighted by molar-refractivity contribution is -0.138. The van der Waals surface area contributed by atoms with Crippen molar-refractivity contribution in [2.24, 2.45) is 5.92 Å². The van der Waals surface area contributed by atoms with Crippen molar-refractivity contribution in [3.63, 3.8) is 0 Å². The third-order valence-corrected chi connectivity index (χ3v) is 4.38. The quantitative estimate of drug-likeness (QED) is 0.537. The van der Waals surface area contributed by atoms with Gasteiger partial charge in [0, 0.05) is 12.8 Å². The number of carboxylic acids is 1. The average Bonchev–Trinajstić information content (AvgIpc) is 3.19. The lowest BCUT2D eigenvalue weighted by atomic mass is 10.00. The Labute approximate surface area is 149 Å². The number of aryl methyl sites for hydroxylation is 1. The van der Waals surface area contributed by atoms with Gasteiger partial charge in [0.1, 0.15) is 5.76 Å². The Kier molecular flexibility index (Phi) is 7.58. The number of furan rings is 2. The van der Waals surface area contributed by atoms with Crippen molar-refractivity contribution < 1.29 is 18.7 Å². The molecule has 0 spiro atoms. The SMILES string of the molecule is C/C(=C/CCC(C)CC(=O)O)CCCc1coc(Cc2ccoc2)c1. The monoisotopic (exact) mass is 344 g/mol. The van der Waals surface area contributed by atoms with Crippen LogP contribution in [0.5, 0.6) is 0 Å². The topological polar surface area (TPSA) is 63.6 Å². The first kappa shape index (κ1) is 19.1. The molecule has 0 radical (unpaired) electrons. The van der Waals surface area contributed by atoms with Crippen molar-refractivity contribution in [3.8, 4) is 0 Å². The summed E-state index contributed by atoms with van der Waals surface area (Å²) in [5.74, 6) is 0.498. The van der Waals surface area contributed by atoms with Gasteiger partial charge in [-0.3, -0.25) is 4.79 Å². The van der Waals surface area contributed by atoms with Gasteiger partial charge < -0.3 is 13.9 Å². The lowest BCUT2D eigenvalue weighted by Gasteiger charge is -2.06. The van der Waals surface area contributed by atoms with Crippen LogP contribution in [-0.4, -0.2) is 11.1 Å². The van der Waals surface area contributed by atoms with E-state index in [-0.39, 0.29) is 12.3 Å². The first-order valence-electron chi connectivity index (χ1n) is 8.97. The summed E-state index contributed by atoms with van der Waals surface area (Å²) in [6, 6.07) is 4.08. The molecule has 136 valence electrons. The first-order chi connectivity index (χ1) is 12.0. The van der Waals surface area contributed by atoms with E-state index in [0.717, 1.165) is 49.8 Å². The summed E-state index contributed by atoms with van der Waals surface area (Å²) in [6.07, 6.45) is 13.6. The van der Waals surface area contributed by atoms with Gasteiger partial charge in [0.2, 0.25) is 0 Å². The van der Waals surface area contributed by atoms with Crippen LogP contribution in [0, 0.1) is 5.92 Å². The predicted octanol–water partition coefficient (Wildman–Crippen LogP) is 5.62. The van der Waals surface area contributed by atoms with E-state index in [1.54, 1.807) is 12.5 Å². The van der Waals surface area contributed by atoms with Crippen LogP contribution in [0.25, 0.3) is 0 Å². The molecule has 0 aliphatic heterocycles. The van der Waals surface area contributed by atoms with Gasteiger partial charge in [-0.1, -0.05) is 18.6 Å². The van der Waals surface area contributed by atoms with Crippen LogP contribution < -0.4 is 0 Å². The maximum Gasteiger partial charge on any atom is 0.303 e. The smallest absolute Gasteiger partial charge is 0.303 e. The Bertz CT molecular complexity index is 664. The van der Waals surface area contributed by atoms with Crippen molar-refractivity contribution in [2.75, 3.05) is 0 Å². The van der Waals surface area contributed by atoms with Gasteiger partial charge in [-0.15, -0.1) is 0 Å². The highest BCUT2D eigenvalue weighted by Crippen LogP contribution is 2.17. The Hall–Kier alpha value is -2.23. The molecule has 0 aliphatic carbocycles. The molecule has 2 heterocycles. The second-order valence-corrected chi connectivity index (χ2v) is 6.91. The molecular formula is C21H28O4. The van der Waals surface area contributed by atoms with E-state index in [4.69, 9.17) is 13.9 Å². The van der Waals surface area contributed by atoms with Gasteiger partial charge >= 0.3 is 5.97 Å². The summed E-state index contributed by atoms with van der Waals surface area (Å²) >= 11 is 0. The Balaban J connectivity index is 1.65. The molecule has 1 atom stereocenters. The third-order valence-electron chi connectivity index (χ3n) is 4.38. The molecule has 0 aliphatic rings.